The molecule has 5 heteroatoms. The Balaban J connectivity index is 2.13. The first-order valence-corrected chi connectivity index (χ1v) is 6.38. The fraction of sp³-hybridized carbons (Fsp3) is 0.0667. The highest BCUT2D eigenvalue weighted by Crippen LogP contribution is 2.21. The molecule has 4 nitrogen and oxygen atoms in total. The quantitative estimate of drug-likeness (QED) is 0.678. The van der Waals surface area contributed by atoms with Crippen LogP contribution < -0.4 is 0 Å². The largest absolute Gasteiger partial charge is 0.465 e. The lowest BCUT2D eigenvalue weighted by Crippen LogP contribution is -2.00. The zero-order valence-corrected chi connectivity index (χ0v) is 11.5. The maximum atomic E-state index is 11.5. The molecule has 3 aromatic rings. The third kappa shape index (κ3) is 2.14. The summed E-state index contributed by atoms with van der Waals surface area (Å²) in [6.45, 7) is 0. The predicted octanol–water partition coefficient (Wildman–Crippen LogP) is 3.47. The Bertz CT molecular complexity index is 795. The van der Waals surface area contributed by atoms with E-state index < -0.39 is 0 Å². The van der Waals surface area contributed by atoms with E-state index in [2.05, 4.69) is 4.98 Å². The molecule has 0 atom stereocenters. The van der Waals surface area contributed by atoms with Gasteiger partial charge in [0.05, 0.1) is 23.7 Å². The SMILES string of the molecule is COC(=O)c1ccc2c(c1)ncn2-c1cccc(Cl)c1. The van der Waals surface area contributed by atoms with E-state index in [4.69, 9.17) is 16.3 Å². The summed E-state index contributed by atoms with van der Waals surface area (Å²) >= 11 is 6.00. The molecule has 0 saturated heterocycles. The van der Waals surface area contributed by atoms with Crippen molar-refractivity contribution in [1.82, 2.24) is 9.55 Å². The normalized spacial score (nSPS) is 10.7. The van der Waals surface area contributed by atoms with Crippen molar-refractivity contribution in [3.63, 3.8) is 0 Å². The van der Waals surface area contributed by atoms with Crippen LogP contribution in [0, 0.1) is 0 Å². The molecular weight excluding hydrogens is 276 g/mol. The number of ether oxygens (including phenoxy) is 1. The van der Waals surface area contributed by atoms with Gasteiger partial charge in [-0.1, -0.05) is 17.7 Å². The molecule has 0 amide bonds. The van der Waals surface area contributed by atoms with Crippen molar-refractivity contribution in [3.8, 4) is 5.69 Å². The lowest BCUT2D eigenvalue weighted by Gasteiger charge is -2.05. The van der Waals surface area contributed by atoms with Gasteiger partial charge in [0, 0.05) is 10.7 Å². The van der Waals surface area contributed by atoms with E-state index in [1.165, 1.54) is 7.11 Å². The number of aromatic nitrogens is 2. The minimum atomic E-state index is -0.371. The molecule has 0 saturated carbocycles. The summed E-state index contributed by atoms with van der Waals surface area (Å²) in [5.41, 5.74) is 3.04. The number of nitrogens with zero attached hydrogens (tertiary/aromatic N) is 2. The average molecular weight is 287 g/mol. The number of fused-ring (bicyclic) bond motifs is 1. The average Bonchev–Trinajstić information content (AvgIpc) is 2.89. The van der Waals surface area contributed by atoms with Gasteiger partial charge in [-0.25, -0.2) is 9.78 Å². The van der Waals surface area contributed by atoms with Crippen molar-refractivity contribution in [1.29, 1.82) is 0 Å². The van der Waals surface area contributed by atoms with Gasteiger partial charge in [0.2, 0.25) is 0 Å². The summed E-state index contributed by atoms with van der Waals surface area (Å²) in [7, 11) is 1.36. The standard InChI is InChI=1S/C15H11ClN2O2/c1-20-15(19)10-5-6-14-13(7-10)17-9-18(14)12-4-2-3-11(16)8-12/h2-9H,1H3. The zero-order valence-electron chi connectivity index (χ0n) is 10.7. The van der Waals surface area contributed by atoms with Crippen LogP contribution in [-0.4, -0.2) is 22.6 Å². The molecule has 0 bridgehead atoms. The zero-order chi connectivity index (χ0) is 14.1. The molecule has 0 aliphatic heterocycles. The maximum Gasteiger partial charge on any atom is 0.337 e. The van der Waals surface area contributed by atoms with Crippen LogP contribution in [0.5, 0.6) is 0 Å². The summed E-state index contributed by atoms with van der Waals surface area (Å²) in [4.78, 5) is 15.8. The van der Waals surface area contributed by atoms with Gasteiger partial charge in [0.25, 0.3) is 0 Å². The van der Waals surface area contributed by atoms with Gasteiger partial charge >= 0.3 is 5.97 Å². The number of methoxy groups -OCH3 is 1. The minimum absolute atomic E-state index is 0.371. The highest BCUT2D eigenvalue weighted by molar-refractivity contribution is 6.30. The second-order valence-corrected chi connectivity index (χ2v) is 4.73. The van der Waals surface area contributed by atoms with Crippen LogP contribution >= 0.6 is 11.6 Å². The van der Waals surface area contributed by atoms with Crippen molar-refractivity contribution < 1.29 is 9.53 Å². The summed E-state index contributed by atoms with van der Waals surface area (Å²) in [5, 5.41) is 0.663. The molecule has 2 aromatic carbocycles. The van der Waals surface area contributed by atoms with Gasteiger partial charge in [0.1, 0.15) is 6.33 Å². The van der Waals surface area contributed by atoms with Gasteiger partial charge in [-0.2, -0.15) is 0 Å². The van der Waals surface area contributed by atoms with Crippen LogP contribution in [0.15, 0.2) is 48.8 Å². The Labute approximate surface area is 120 Å². The van der Waals surface area contributed by atoms with Gasteiger partial charge < -0.3 is 4.74 Å². The molecule has 0 spiro atoms. The Morgan fingerprint density at radius 2 is 2.10 bits per heavy atom. The van der Waals surface area contributed by atoms with E-state index in [0.717, 1.165) is 16.7 Å². The van der Waals surface area contributed by atoms with E-state index in [1.807, 2.05) is 34.9 Å². The van der Waals surface area contributed by atoms with Gasteiger partial charge in [-0.05, 0) is 36.4 Å². The van der Waals surface area contributed by atoms with Crippen LogP contribution in [0.2, 0.25) is 5.02 Å². The number of halogens is 1. The van der Waals surface area contributed by atoms with E-state index in [1.54, 1.807) is 18.5 Å². The molecule has 0 fully saturated rings. The number of hydrogen-bond acceptors (Lipinski definition) is 3. The second kappa shape index (κ2) is 4.98. The molecule has 0 N–H and O–H groups in total. The first-order valence-electron chi connectivity index (χ1n) is 6.00. The van der Waals surface area contributed by atoms with E-state index in [9.17, 15) is 4.79 Å². The Morgan fingerprint density at radius 1 is 1.25 bits per heavy atom. The molecule has 0 radical (unpaired) electrons. The molecule has 100 valence electrons. The highest BCUT2D eigenvalue weighted by Gasteiger charge is 2.10. The van der Waals surface area contributed by atoms with Crippen LogP contribution in [0.1, 0.15) is 10.4 Å². The smallest absolute Gasteiger partial charge is 0.337 e. The number of hydrogen-bond donors (Lipinski definition) is 0. The molecule has 0 unspecified atom stereocenters. The maximum absolute atomic E-state index is 11.5. The summed E-state index contributed by atoms with van der Waals surface area (Å²) < 4.78 is 6.62. The van der Waals surface area contributed by atoms with Crippen LogP contribution in [0.3, 0.4) is 0 Å². The first-order chi connectivity index (χ1) is 9.69. The van der Waals surface area contributed by atoms with Gasteiger partial charge in [0.15, 0.2) is 0 Å². The Morgan fingerprint density at radius 3 is 2.85 bits per heavy atom. The van der Waals surface area contributed by atoms with Crippen molar-refractivity contribution in [2.24, 2.45) is 0 Å². The molecular formula is C15H11ClN2O2. The lowest BCUT2D eigenvalue weighted by atomic mass is 10.2. The highest BCUT2D eigenvalue weighted by atomic mass is 35.5. The van der Waals surface area contributed by atoms with Crippen LogP contribution in [0.4, 0.5) is 0 Å². The number of esters is 1. The fourth-order valence-corrected chi connectivity index (χ4v) is 2.27. The van der Waals surface area contributed by atoms with Crippen LogP contribution in [0.25, 0.3) is 16.7 Å². The monoisotopic (exact) mass is 286 g/mol. The third-order valence-corrected chi connectivity index (χ3v) is 3.29. The Hall–Kier alpha value is -2.33. The number of benzene rings is 2. The van der Waals surface area contributed by atoms with Crippen molar-refractivity contribution in [3.05, 3.63) is 59.4 Å². The Kier molecular flexibility index (Phi) is 3.16. The molecule has 0 aliphatic carbocycles. The number of carbonyl (C=O) groups excluding carboxylic acids is 1. The third-order valence-electron chi connectivity index (χ3n) is 3.05. The summed E-state index contributed by atoms with van der Waals surface area (Å²) in [6, 6.07) is 12.8. The number of rotatable bonds is 2. The number of imidazole rings is 1. The second-order valence-electron chi connectivity index (χ2n) is 4.29. The van der Waals surface area contributed by atoms with Crippen molar-refractivity contribution in [2.45, 2.75) is 0 Å². The summed E-state index contributed by atoms with van der Waals surface area (Å²) in [5.74, 6) is -0.371. The molecule has 20 heavy (non-hydrogen) atoms. The van der Waals surface area contributed by atoms with E-state index in [0.29, 0.717) is 10.6 Å². The molecule has 3 rings (SSSR count). The van der Waals surface area contributed by atoms with Crippen molar-refractivity contribution in [2.75, 3.05) is 7.11 Å². The predicted molar refractivity (Wildman–Crippen MR) is 77.4 cm³/mol. The molecule has 0 aliphatic rings. The first kappa shape index (κ1) is 12.7. The van der Waals surface area contributed by atoms with Crippen LogP contribution in [-0.2, 0) is 4.74 Å². The fourth-order valence-electron chi connectivity index (χ4n) is 2.09. The van der Waals surface area contributed by atoms with E-state index in [-0.39, 0.29) is 5.97 Å². The van der Waals surface area contributed by atoms with Crippen molar-refractivity contribution >= 4 is 28.6 Å². The minimum Gasteiger partial charge on any atom is -0.465 e. The molecule has 1 aromatic heterocycles. The lowest BCUT2D eigenvalue weighted by molar-refractivity contribution is 0.0601. The number of carbonyl (C=O) groups is 1. The van der Waals surface area contributed by atoms with Gasteiger partial charge in [-0.3, -0.25) is 4.57 Å². The van der Waals surface area contributed by atoms with Gasteiger partial charge in [-0.15, -0.1) is 0 Å². The summed E-state index contributed by atoms with van der Waals surface area (Å²) in [6.07, 6.45) is 1.71. The van der Waals surface area contributed by atoms with E-state index >= 15 is 0 Å². The topological polar surface area (TPSA) is 44.1 Å². The molecule has 1 heterocycles.